The highest BCUT2D eigenvalue weighted by Gasteiger charge is 2.16. The Morgan fingerprint density at radius 3 is 1.71 bits per heavy atom. The molecule has 1 amide bonds. The predicted molar refractivity (Wildman–Crippen MR) is 169 cm³/mol. The third-order valence-electron chi connectivity index (χ3n) is 6.47. The van der Waals surface area contributed by atoms with Gasteiger partial charge in [-0.3, -0.25) is 4.79 Å². The summed E-state index contributed by atoms with van der Waals surface area (Å²) in [6, 6.07) is 9.55. The molecule has 0 saturated carbocycles. The minimum atomic E-state index is -0.344. The Kier molecular flexibility index (Phi) is 23.8. The van der Waals surface area contributed by atoms with Crippen LogP contribution in [0.3, 0.4) is 0 Å². The number of hydrogen-bond acceptors (Lipinski definition) is 5. The van der Waals surface area contributed by atoms with Crippen LogP contribution in [0.25, 0.3) is 0 Å². The molecule has 1 aromatic carbocycles. The van der Waals surface area contributed by atoms with Gasteiger partial charge in [0, 0.05) is 24.1 Å². The number of nitrogens with zero attached hydrogens (tertiary/aromatic N) is 1. The number of carbonyl (C=O) groups excluding carboxylic acids is 3. The maximum atomic E-state index is 11.1. The van der Waals surface area contributed by atoms with Crippen LogP contribution in [0.4, 0.5) is 0 Å². The van der Waals surface area contributed by atoms with Crippen LogP contribution >= 0.6 is 0 Å². The van der Waals surface area contributed by atoms with E-state index in [1.807, 2.05) is 30.3 Å². The largest absolute Gasteiger partial charge is 0.462 e. The number of ether oxygens (including phenoxy) is 2. The fourth-order valence-corrected chi connectivity index (χ4v) is 3.94. The number of likely N-dealkylation sites (tertiary alicyclic amines) is 1. The topological polar surface area (TPSA) is 72.9 Å². The van der Waals surface area contributed by atoms with Gasteiger partial charge >= 0.3 is 11.9 Å². The van der Waals surface area contributed by atoms with Crippen molar-refractivity contribution in [3.05, 3.63) is 73.0 Å². The van der Waals surface area contributed by atoms with Gasteiger partial charge in [-0.2, -0.15) is 0 Å². The van der Waals surface area contributed by atoms with Crippen molar-refractivity contribution in [2.24, 2.45) is 0 Å². The van der Waals surface area contributed by atoms with Crippen LogP contribution in [-0.4, -0.2) is 35.9 Å². The standard InChI is InChI=1S/C18H34O2.C11H12O2.C6H9NO/c1-4-5-6-7-8-9-10-11-12-13-14-15-16-20-18(19)17(2)3;1-9(2)11(12)13-8-10-6-4-3-5-7-10;1-2-7-5-3-4-6(7)8/h2,4-16H2,1,3H3;3-7H,1,8H2,2H3;2H,1,3-5H2. The summed E-state index contributed by atoms with van der Waals surface area (Å²) in [6.45, 7) is 17.9. The molecule has 1 saturated heterocycles. The molecule has 0 radical (unpaired) electrons. The molecule has 0 bridgehead atoms. The second kappa shape index (κ2) is 25.8. The van der Waals surface area contributed by atoms with Gasteiger partial charge in [0.1, 0.15) is 6.61 Å². The first-order valence-electron chi connectivity index (χ1n) is 15.3. The summed E-state index contributed by atoms with van der Waals surface area (Å²) in [6.07, 6.45) is 19.2. The Balaban J connectivity index is 0.000000645. The lowest BCUT2D eigenvalue weighted by atomic mass is 10.1. The molecule has 41 heavy (non-hydrogen) atoms. The zero-order valence-electron chi connectivity index (χ0n) is 26.1. The second-order valence-corrected chi connectivity index (χ2v) is 10.5. The Bertz CT molecular complexity index is 893. The van der Waals surface area contributed by atoms with E-state index in [2.05, 4.69) is 26.7 Å². The van der Waals surface area contributed by atoms with E-state index in [1.54, 1.807) is 24.9 Å². The Morgan fingerprint density at radius 2 is 1.29 bits per heavy atom. The molecule has 0 aliphatic carbocycles. The van der Waals surface area contributed by atoms with E-state index in [-0.39, 0.29) is 17.8 Å². The number of unbranched alkanes of at least 4 members (excludes halogenated alkanes) is 11. The van der Waals surface area contributed by atoms with E-state index in [0.29, 0.717) is 30.8 Å². The Hall–Kier alpha value is -3.15. The van der Waals surface area contributed by atoms with Gasteiger partial charge in [0.25, 0.3) is 0 Å². The van der Waals surface area contributed by atoms with Crippen LogP contribution < -0.4 is 0 Å². The van der Waals surface area contributed by atoms with Crippen molar-refractivity contribution in [3.63, 3.8) is 0 Å². The van der Waals surface area contributed by atoms with Crippen LogP contribution in [0.15, 0.2) is 67.4 Å². The molecule has 1 aliphatic heterocycles. The van der Waals surface area contributed by atoms with E-state index in [1.165, 1.54) is 70.6 Å². The Morgan fingerprint density at radius 1 is 0.805 bits per heavy atom. The molecule has 6 heteroatoms. The van der Waals surface area contributed by atoms with E-state index in [0.717, 1.165) is 24.9 Å². The summed E-state index contributed by atoms with van der Waals surface area (Å²) in [5.74, 6) is -0.392. The summed E-state index contributed by atoms with van der Waals surface area (Å²) in [5, 5.41) is 0. The summed E-state index contributed by atoms with van der Waals surface area (Å²) in [5.41, 5.74) is 1.90. The average Bonchev–Trinajstić information content (AvgIpc) is 3.39. The maximum absolute atomic E-state index is 11.1. The van der Waals surface area contributed by atoms with Gasteiger partial charge in [-0.05, 0) is 38.5 Å². The first kappa shape index (κ1) is 37.9. The van der Waals surface area contributed by atoms with Crippen molar-refractivity contribution >= 4 is 17.8 Å². The average molecular weight is 570 g/mol. The fourth-order valence-electron chi connectivity index (χ4n) is 3.94. The smallest absolute Gasteiger partial charge is 0.333 e. The molecule has 0 atom stereocenters. The van der Waals surface area contributed by atoms with Crippen LogP contribution in [0.5, 0.6) is 0 Å². The third-order valence-corrected chi connectivity index (χ3v) is 6.47. The normalized spacial score (nSPS) is 11.9. The van der Waals surface area contributed by atoms with E-state index in [4.69, 9.17) is 9.47 Å². The van der Waals surface area contributed by atoms with Gasteiger partial charge in [-0.25, -0.2) is 9.59 Å². The molecular weight excluding hydrogens is 514 g/mol. The van der Waals surface area contributed by atoms with Crippen molar-refractivity contribution < 1.29 is 23.9 Å². The SMILES string of the molecule is C=C(C)C(=O)OCCCCCCCCCCCCCC.C=C(C)C(=O)OCc1ccccc1.C=CN1CCCC1=O. The fraction of sp³-hybridized carbons (Fsp3) is 0.571. The maximum Gasteiger partial charge on any atom is 0.333 e. The van der Waals surface area contributed by atoms with Crippen molar-refractivity contribution in [1.82, 2.24) is 4.90 Å². The molecule has 6 nitrogen and oxygen atoms in total. The molecule has 2 rings (SSSR count). The van der Waals surface area contributed by atoms with Gasteiger partial charge in [-0.1, -0.05) is 128 Å². The number of carbonyl (C=O) groups is 3. The monoisotopic (exact) mass is 569 g/mol. The summed E-state index contributed by atoms with van der Waals surface area (Å²) < 4.78 is 10.0. The second-order valence-electron chi connectivity index (χ2n) is 10.5. The van der Waals surface area contributed by atoms with Crippen LogP contribution in [-0.2, 0) is 30.5 Å². The molecule has 0 spiro atoms. The van der Waals surface area contributed by atoms with Crippen LogP contribution in [0, 0.1) is 0 Å². The first-order chi connectivity index (χ1) is 19.7. The highest BCUT2D eigenvalue weighted by atomic mass is 16.5. The summed E-state index contributed by atoms with van der Waals surface area (Å²) >= 11 is 0. The molecule has 230 valence electrons. The molecule has 0 N–H and O–H groups in total. The van der Waals surface area contributed by atoms with Gasteiger partial charge in [-0.15, -0.1) is 0 Å². The van der Waals surface area contributed by atoms with Gasteiger partial charge in [0.05, 0.1) is 6.61 Å². The molecule has 1 aliphatic rings. The van der Waals surface area contributed by atoms with E-state index < -0.39 is 0 Å². The lowest BCUT2D eigenvalue weighted by Gasteiger charge is -2.05. The molecule has 0 aromatic heterocycles. The summed E-state index contributed by atoms with van der Waals surface area (Å²) in [4.78, 5) is 34.4. The lowest BCUT2D eigenvalue weighted by molar-refractivity contribution is -0.140. The molecular formula is C35H55NO5. The predicted octanol–water partition coefficient (Wildman–Crippen LogP) is 8.87. The minimum absolute atomic E-state index is 0.208. The number of amides is 1. The minimum Gasteiger partial charge on any atom is -0.462 e. The zero-order valence-corrected chi connectivity index (χ0v) is 26.1. The number of benzene rings is 1. The zero-order chi connectivity index (χ0) is 30.7. The number of hydrogen-bond donors (Lipinski definition) is 0. The van der Waals surface area contributed by atoms with E-state index in [9.17, 15) is 14.4 Å². The van der Waals surface area contributed by atoms with Crippen LogP contribution in [0.2, 0.25) is 0 Å². The van der Waals surface area contributed by atoms with E-state index >= 15 is 0 Å². The van der Waals surface area contributed by atoms with Gasteiger partial charge in [0.15, 0.2) is 0 Å². The molecule has 1 heterocycles. The molecule has 0 unspecified atom stereocenters. The Labute approximate surface area is 249 Å². The van der Waals surface area contributed by atoms with Gasteiger partial charge in [0.2, 0.25) is 5.91 Å². The number of rotatable bonds is 18. The third kappa shape index (κ3) is 22.2. The van der Waals surface area contributed by atoms with Crippen molar-refractivity contribution in [3.8, 4) is 0 Å². The first-order valence-corrected chi connectivity index (χ1v) is 15.3. The molecule has 1 fully saturated rings. The highest BCUT2D eigenvalue weighted by molar-refractivity contribution is 5.87. The van der Waals surface area contributed by atoms with Crippen molar-refractivity contribution in [2.45, 2.75) is 117 Å². The molecule has 1 aromatic rings. The summed E-state index contributed by atoms with van der Waals surface area (Å²) in [7, 11) is 0. The number of esters is 2. The highest BCUT2D eigenvalue weighted by Crippen LogP contribution is 2.12. The quantitative estimate of drug-likeness (QED) is 0.100. The van der Waals surface area contributed by atoms with Gasteiger partial charge < -0.3 is 14.4 Å². The lowest BCUT2D eigenvalue weighted by Crippen LogP contribution is -2.16. The van der Waals surface area contributed by atoms with Crippen molar-refractivity contribution in [2.75, 3.05) is 13.2 Å². The van der Waals surface area contributed by atoms with Crippen LogP contribution in [0.1, 0.15) is 116 Å². The van der Waals surface area contributed by atoms with Crippen molar-refractivity contribution in [1.29, 1.82) is 0 Å².